The van der Waals surface area contributed by atoms with Crippen molar-refractivity contribution in [2.24, 2.45) is 0 Å². The van der Waals surface area contributed by atoms with E-state index in [0.717, 1.165) is 11.3 Å². The molecule has 1 saturated carbocycles. The molecule has 0 aliphatic heterocycles. The molecule has 6 nitrogen and oxygen atoms in total. The van der Waals surface area contributed by atoms with Gasteiger partial charge in [-0.1, -0.05) is 0 Å². The first kappa shape index (κ1) is 18.0. The summed E-state index contributed by atoms with van der Waals surface area (Å²) in [4.78, 5) is 24.0. The fraction of sp³-hybridized carbons (Fsp3) is 0.400. The number of furan rings is 1. The van der Waals surface area contributed by atoms with Gasteiger partial charge in [0, 0.05) is 23.5 Å². The summed E-state index contributed by atoms with van der Waals surface area (Å²) in [6.45, 7) is 5.94. The quantitative estimate of drug-likeness (QED) is 0.610. The molecule has 1 amide bonds. The van der Waals surface area contributed by atoms with Crippen molar-refractivity contribution in [3.05, 3.63) is 53.2 Å². The van der Waals surface area contributed by atoms with Gasteiger partial charge in [0.15, 0.2) is 6.10 Å². The molecule has 0 saturated heterocycles. The van der Waals surface area contributed by atoms with E-state index in [0.29, 0.717) is 11.8 Å². The Morgan fingerprint density at radius 2 is 2.19 bits per heavy atom. The van der Waals surface area contributed by atoms with E-state index >= 15 is 0 Å². The molecule has 1 aliphatic carbocycles. The number of aryl methyl sites for hydroxylation is 1. The second kappa shape index (κ2) is 7.64. The molecule has 2 aromatic heterocycles. The van der Waals surface area contributed by atoms with E-state index in [2.05, 4.69) is 29.8 Å². The van der Waals surface area contributed by atoms with Crippen LogP contribution in [0.5, 0.6) is 0 Å². The van der Waals surface area contributed by atoms with Crippen LogP contribution in [0.1, 0.15) is 48.5 Å². The summed E-state index contributed by atoms with van der Waals surface area (Å²) in [5, 5.41) is 2.67. The Balaban J connectivity index is 1.52. The second-order valence-corrected chi connectivity index (χ2v) is 6.64. The van der Waals surface area contributed by atoms with Gasteiger partial charge in [0.1, 0.15) is 5.76 Å². The molecule has 0 spiro atoms. The van der Waals surface area contributed by atoms with E-state index in [1.54, 1.807) is 25.1 Å². The lowest BCUT2D eigenvalue weighted by Crippen LogP contribution is -2.35. The van der Waals surface area contributed by atoms with Crippen LogP contribution in [-0.2, 0) is 20.9 Å². The van der Waals surface area contributed by atoms with Crippen molar-refractivity contribution in [1.82, 2.24) is 9.88 Å². The zero-order valence-electron chi connectivity index (χ0n) is 15.3. The topological polar surface area (TPSA) is 73.5 Å². The van der Waals surface area contributed by atoms with E-state index in [-0.39, 0.29) is 12.5 Å². The highest BCUT2D eigenvalue weighted by Crippen LogP contribution is 2.38. The van der Waals surface area contributed by atoms with Gasteiger partial charge < -0.3 is 19.0 Å². The number of carbonyl (C=O) groups excluding carboxylic acids is 2. The second-order valence-electron chi connectivity index (χ2n) is 6.64. The number of hydrogen-bond donors (Lipinski definition) is 1. The predicted molar refractivity (Wildman–Crippen MR) is 97.3 cm³/mol. The molecule has 138 valence electrons. The highest BCUT2D eigenvalue weighted by molar-refractivity contribution is 5.90. The minimum absolute atomic E-state index is 0.261. The molecule has 0 bridgehead atoms. The van der Waals surface area contributed by atoms with E-state index in [1.807, 2.05) is 0 Å². The molecule has 26 heavy (non-hydrogen) atoms. The number of carbonyl (C=O) groups is 2. The lowest BCUT2D eigenvalue weighted by molar-refractivity contribution is -0.150. The lowest BCUT2D eigenvalue weighted by Gasteiger charge is -2.11. The molecule has 1 atom stereocenters. The van der Waals surface area contributed by atoms with Crippen LogP contribution in [0.25, 0.3) is 6.08 Å². The Morgan fingerprint density at radius 1 is 1.42 bits per heavy atom. The van der Waals surface area contributed by atoms with Crippen molar-refractivity contribution in [2.75, 3.05) is 0 Å². The molecule has 1 aliphatic rings. The normalized spacial score (nSPS) is 15.2. The number of aromatic nitrogens is 1. The number of nitrogens with one attached hydrogen (secondary N) is 1. The standard InChI is InChI=1S/C20H24N2O4/c1-13-11-16(14(2)22(13)17-7-8-17)6-9-19(23)26-15(3)20(24)21-12-18-5-4-10-25-18/h4-6,9-11,15,17H,7-8,12H2,1-3H3,(H,21,24)/b9-6+/t15-/m1/s1. The van der Waals surface area contributed by atoms with Gasteiger partial charge in [-0.3, -0.25) is 4.79 Å². The molecule has 3 rings (SSSR count). The SMILES string of the molecule is Cc1cc(/C=C/C(=O)O[C@H](C)C(=O)NCc2ccco2)c(C)n1C1CC1. The van der Waals surface area contributed by atoms with Gasteiger partial charge in [-0.2, -0.15) is 0 Å². The zero-order valence-corrected chi connectivity index (χ0v) is 15.3. The Kier molecular flexibility index (Phi) is 5.30. The molecule has 0 aromatic carbocycles. The van der Waals surface area contributed by atoms with Gasteiger partial charge in [0.05, 0.1) is 12.8 Å². The minimum Gasteiger partial charge on any atom is -0.467 e. The van der Waals surface area contributed by atoms with Crippen molar-refractivity contribution in [3.63, 3.8) is 0 Å². The number of esters is 1. The van der Waals surface area contributed by atoms with Crippen LogP contribution in [0.3, 0.4) is 0 Å². The molecule has 1 fully saturated rings. The fourth-order valence-electron chi connectivity index (χ4n) is 3.02. The van der Waals surface area contributed by atoms with Crippen molar-refractivity contribution in [1.29, 1.82) is 0 Å². The van der Waals surface area contributed by atoms with Crippen molar-refractivity contribution < 1.29 is 18.7 Å². The third-order valence-corrected chi connectivity index (χ3v) is 4.51. The first-order chi connectivity index (χ1) is 12.5. The Bertz CT molecular complexity index is 813. The summed E-state index contributed by atoms with van der Waals surface area (Å²) in [7, 11) is 0. The molecule has 2 aromatic rings. The highest BCUT2D eigenvalue weighted by atomic mass is 16.5. The largest absolute Gasteiger partial charge is 0.467 e. The summed E-state index contributed by atoms with van der Waals surface area (Å²) < 4.78 is 12.6. The highest BCUT2D eigenvalue weighted by Gasteiger charge is 2.26. The average molecular weight is 356 g/mol. The van der Waals surface area contributed by atoms with Crippen LogP contribution in [0.2, 0.25) is 0 Å². The van der Waals surface area contributed by atoms with Gasteiger partial charge in [-0.25, -0.2) is 4.79 Å². The van der Waals surface area contributed by atoms with E-state index < -0.39 is 12.1 Å². The molecule has 1 N–H and O–H groups in total. The molecule has 2 heterocycles. The van der Waals surface area contributed by atoms with Crippen LogP contribution in [0, 0.1) is 13.8 Å². The predicted octanol–water partition coefficient (Wildman–Crippen LogP) is 3.29. The monoisotopic (exact) mass is 356 g/mol. The molecule has 6 heteroatoms. The third kappa shape index (κ3) is 4.25. The number of rotatable bonds is 7. The minimum atomic E-state index is -0.874. The van der Waals surface area contributed by atoms with Crippen LogP contribution in [0.4, 0.5) is 0 Å². The fourth-order valence-corrected chi connectivity index (χ4v) is 3.02. The van der Waals surface area contributed by atoms with Crippen LogP contribution < -0.4 is 5.32 Å². The van der Waals surface area contributed by atoms with Crippen molar-refractivity contribution in [3.8, 4) is 0 Å². The number of hydrogen-bond acceptors (Lipinski definition) is 4. The summed E-state index contributed by atoms with van der Waals surface area (Å²) in [6.07, 6.45) is 6.21. The van der Waals surface area contributed by atoms with Crippen LogP contribution in [-0.4, -0.2) is 22.5 Å². The van der Waals surface area contributed by atoms with Gasteiger partial charge in [-0.05, 0) is 63.5 Å². The number of nitrogens with zero attached hydrogens (tertiary/aromatic N) is 1. The van der Waals surface area contributed by atoms with E-state index in [4.69, 9.17) is 9.15 Å². The maximum atomic E-state index is 12.0. The molecular formula is C20H24N2O4. The summed E-state index contributed by atoms with van der Waals surface area (Å²) in [6, 6.07) is 6.17. The van der Waals surface area contributed by atoms with Gasteiger partial charge in [0.2, 0.25) is 0 Å². The molecule has 0 unspecified atom stereocenters. The lowest BCUT2D eigenvalue weighted by atomic mass is 10.2. The molecular weight excluding hydrogens is 332 g/mol. The summed E-state index contributed by atoms with van der Waals surface area (Å²) in [5.74, 6) is -0.264. The van der Waals surface area contributed by atoms with Gasteiger partial charge >= 0.3 is 5.97 Å². The smallest absolute Gasteiger partial charge is 0.331 e. The van der Waals surface area contributed by atoms with E-state index in [1.165, 1.54) is 30.9 Å². The Labute approximate surface area is 152 Å². The Morgan fingerprint density at radius 3 is 2.85 bits per heavy atom. The maximum Gasteiger partial charge on any atom is 0.331 e. The number of amides is 1. The van der Waals surface area contributed by atoms with E-state index in [9.17, 15) is 9.59 Å². The van der Waals surface area contributed by atoms with Crippen LogP contribution >= 0.6 is 0 Å². The molecule has 0 radical (unpaired) electrons. The maximum absolute atomic E-state index is 12.0. The van der Waals surface area contributed by atoms with Crippen molar-refractivity contribution in [2.45, 2.75) is 52.3 Å². The van der Waals surface area contributed by atoms with Crippen molar-refractivity contribution >= 4 is 18.0 Å². The Hall–Kier alpha value is -2.76. The summed E-state index contributed by atoms with van der Waals surface area (Å²) in [5.41, 5.74) is 3.35. The average Bonchev–Trinajstić information content (AvgIpc) is 3.20. The third-order valence-electron chi connectivity index (χ3n) is 4.51. The number of ether oxygens (including phenoxy) is 1. The summed E-state index contributed by atoms with van der Waals surface area (Å²) >= 11 is 0. The van der Waals surface area contributed by atoms with Gasteiger partial charge in [0.25, 0.3) is 5.91 Å². The first-order valence-electron chi connectivity index (χ1n) is 8.83. The van der Waals surface area contributed by atoms with Gasteiger partial charge in [-0.15, -0.1) is 0 Å². The van der Waals surface area contributed by atoms with Crippen LogP contribution in [0.15, 0.2) is 35.0 Å². The zero-order chi connectivity index (χ0) is 18.7. The first-order valence-corrected chi connectivity index (χ1v) is 8.83.